The van der Waals surface area contributed by atoms with Crippen LogP contribution in [0, 0.1) is 17.2 Å². The summed E-state index contributed by atoms with van der Waals surface area (Å²) in [6.45, 7) is 0. The highest BCUT2D eigenvalue weighted by atomic mass is 32.1. The number of carbonyl (C=O) groups excluding carboxylic acids is 1. The van der Waals surface area contributed by atoms with Crippen LogP contribution in [0.1, 0.15) is 18.4 Å². The molecule has 0 bridgehead atoms. The molecule has 66 valence electrons. The van der Waals surface area contributed by atoms with Crippen molar-refractivity contribution in [1.82, 2.24) is 0 Å². The Morgan fingerprint density at radius 2 is 2.46 bits per heavy atom. The van der Waals surface area contributed by atoms with Crippen molar-refractivity contribution in [2.24, 2.45) is 5.92 Å². The second-order valence-electron chi connectivity index (χ2n) is 2.96. The van der Waals surface area contributed by atoms with E-state index in [-0.39, 0.29) is 11.9 Å². The lowest BCUT2D eigenvalue weighted by Crippen LogP contribution is -2.08. The molecule has 0 amide bonds. The van der Waals surface area contributed by atoms with Gasteiger partial charge in [-0.05, 0) is 12.8 Å². The van der Waals surface area contributed by atoms with Gasteiger partial charge in [-0.1, -0.05) is 0 Å². The summed E-state index contributed by atoms with van der Waals surface area (Å²) in [5.74, 6) is -0.0565. The third kappa shape index (κ3) is 1.87. The summed E-state index contributed by atoms with van der Waals surface area (Å²) >= 11 is 1.28. The Morgan fingerprint density at radius 1 is 1.69 bits per heavy atom. The number of nitrogens with zero attached hydrogens (tertiary/aromatic N) is 1. The average Bonchev–Trinajstić information content (AvgIpc) is 2.88. The van der Waals surface area contributed by atoms with E-state index >= 15 is 0 Å². The molecule has 1 heterocycles. The van der Waals surface area contributed by atoms with Crippen molar-refractivity contribution in [3.63, 3.8) is 0 Å². The van der Waals surface area contributed by atoms with Crippen molar-refractivity contribution < 1.29 is 9.53 Å². The fourth-order valence-electron chi connectivity index (χ4n) is 0.930. The number of esters is 1. The molecule has 0 saturated heterocycles. The van der Waals surface area contributed by atoms with Crippen LogP contribution in [0.25, 0.3) is 0 Å². The van der Waals surface area contributed by atoms with Crippen LogP contribution in [0.5, 0.6) is 5.06 Å². The minimum absolute atomic E-state index is 0.104. The van der Waals surface area contributed by atoms with Gasteiger partial charge in [0, 0.05) is 11.4 Å². The summed E-state index contributed by atoms with van der Waals surface area (Å²) in [6.07, 6.45) is 1.88. The third-order valence-corrected chi connectivity index (χ3v) is 2.62. The quantitative estimate of drug-likeness (QED) is 0.674. The molecular formula is C9H7NO2S. The Balaban J connectivity index is 2.01. The maximum atomic E-state index is 11.2. The lowest BCUT2D eigenvalue weighted by molar-refractivity contribution is -0.135. The van der Waals surface area contributed by atoms with E-state index in [0.29, 0.717) is 10.6 Å². The Bertz CT molecular complexity index is 373. The van der Waals surface area contributed by atoms with Crippen molar-refractivity contribution in [1.29, 1.82) is 5.26 Å². The minimum Gasteiger partial charge on any atom is -0.415 e. The fourth-order valence-corrected chi connectivity index (χ4v) is 1.62. The van der Waals surface area contributed by atoms with Crippen molar-refractivity contribution in [2.45, 2.75) is 12.8 Å². The van der Waals surface area contributed by atoms with E-state index in [1.54, 1.807) is 11.4 Å². The third-order valence-electron chi connectivity index (χ3n) is 1.82. The summed E-state index contributed by atoms with van der Waals surface area (Å²) in [5, 5.41) is 10.7. The molecule has 3 nitrogen and oxygen atoms in total. The molecule has 0 spiro atoms. The molecule has 0 unspecified atom stereocenters. The molecule has 0 N–H and O–H groups in total. The first-order chi connectivity index (χ1) is 6.29. The highest BCUT2D eigenvalue weighted by molar-refractivity contribution is 7.12. The largest absolute Gasteiger partial charge is 0.415 e. The van der Waals surface area contributed by atoms with Gasteiger partial charge in [0.2, 0.25) is 0 Å². The summed E-state index contributed by atoms with van der Waals surface area (Å²) in [7, 11) is 0. The summed E-state index contributed by atoms with van der Waals surface area (Å²) in [4.78, 5) is 11.2. The van der Waals surface area contributed by atoms with E-state index in [0.717, 1.165) is 12.8 Å². The van der Waals surface area contributed by atoms with E-state index in [4.69, 9.17) is 10.00 Å². The van der Waals surface area contributed by atoms with Crippen LogP contribution in [-0.4, -0.2) is 5.97 Å². The summed E-state index contributed by atoms with van der Waals surface area (Å²) in [5.41, 5.74) is 0.545. The predicted octanol–water partition coefficient (Wildman–Crippen LogP) is 1.94. The Labute approximate surface area is 79.6 Å². The van der Waals surface area contributed by atoms with Crippen LogP contribution in [-0.2, 0) is 4.79 Å². The predicted molar refractivity (Wildman–Crippen MR) is 47.4 cm³/mol. The number of hydrogen-bond acceptors (Lipinski definition) is 4. The monoisotopic (exact) mass is 193 g/mol. The molecule has 1 aromatic heterocycles. The maximum Gasteiger partial charge on any atom is 0.315 e. The van der Waals surface area contributed by atoms with Crippen LogP contribution in [0.2, 0.25) is 0 Å². The highest BCUT2D eigenvalue weighted by Gasteiger charge is 2.31. The smallest absolute Gasteiger partial charge is 0.315 e. The molecule has 4 heteroatoms. The normalized spacial score (nSPS) is 15.0. The van der Waals surface area contributed by atoms with E-state index < -0.39 is 0 Å². The van der Waals surface area contributed by atoms with Gasteiger partial charge >= 0.3 is 5.97 Å². The second-order valence-corrected chi connectivity index (χ2v) is 3.84. The van der Waals surface area contributed by atoms with Crippen LogP contribution in [0.3, 0.4) is 0 Å². The van der Waals surface area contributed by atoms with Gasteiger partial charge in [0.1, 0.15) is 6.07 Å². The van der Waals surface area contributed by atoms with Crippen LogP contribution in [0.4, 0.5) is 0 Å². The second kappa shape index (κ2) is 3.19. The molecule has 0 aromatic carbocycles. The van der Waals surface area contributed by atoms with Gasteiger partial charge in [-0.15, -0.1) is 11.3 Å². The fraction of sp³-hybridized carbons (Fsp3) is 0.333. The van der Waals surface area contributed by atoms with E-state index in [2.05, 4.69) is 0 Å². The maximum absolute atomic E-state index is 11.2. The van der Waals surface area contributed by atoms with E-state index in [9.17, 15) is 4.79 Å². The number of nitriles is 1. The first kappa shape index (κ1) is 8.27. The lowest BCUT2D eigenvalue weighted by atomic mass is 10.4. The zero-order valence-electron chi connectivity index (χ0n) is 6.82. The Hall–Kier alpha value is -1.34. The summed E-state index contributed by atoms with van der Waals surface area (Å²) in [6, 6.07) is 3.57. The molecule has 1 fully saturated rings. The first-order valence-electron chi connectivity index (χ1n) is 4.00. The molecule has 1 saturated carbocycles. The first-order valence-corrected chi connectivity index (χ1v) is 4.88. The SMILES string of the molecule is N#Cc1csc(OC(=O)C2CC2)c1. The van der Waals surface area contributed by atoms with Gasteiger partial charge in [-0.3, -0.25) is 4.79 Å². The molecule has 0 atom stereocenters. The van der Waals surface area contributed by atoms with Gasteiger partial charge in [-0.2, -0.15) is 5.26 Å². The average molecular weight is 193 g/mol. The van der Waals surface area contributed by atoms with Gasteiger partial charge in [0.25, 0.3) is 0 Å². The van der Waals surface area contributed by atoms with Gasteiger partial charge < -0.3 is 4.74 Å². The molecule has 2 rings (SSSR count). The van der Waals surface area contributed by atoms with Crippen molar-refractivity contribution >= 4 is 17.3 Å². The van der Waals surface area contributed by atoms with Gasteiger partial charge in [0.15, 0.2) is 5.06 Å². The van der Waals surface area contributed by atoms with Crippen molar-refractivity contribution in [3.8, 4) is 11.1 Å². The van der Waals surface area contributed by atoms with E-state index in [1.807, 2.05) is 6.07 Å². The molecule has 1 aliphatic carbocycles. The minimum atomic E-state index is -0.161. The number of carbonyl (C=O) groups is 1. The van der Waals surface area contributed by atoms with E-state index in [1.165, 1.54) is 11.3 Å². The molecule has 0 radical (unpaired) electrons. The number of hydrogen-bond donors (Lipinski definition) is 0. The van der Waals surface area contributed by atoms with Crippen LogP contribution < -0.4 is 4.74 Å². The Kier molecular flexibility index (Phi) is 2.03. The molecule has 1 aliphatic rings. The van der Waals surface area contributed by atoms with Crippen LogP contribution in [0.15, 0.2) is 11.4 Å². The number of ether oxygens (including phenoxy) is 1. The van der Waals surface area contributed by atoms with Gasteiger partial charge in [0.05, 0.1) is 11.5 Å². The zero-order valence-corrected chi connectivity index (χ0v) is 7.63. The number of thiophene rings is 1. The van der Waals surface area contributed by atoms with Crippen LogP contribution >= 0.6 is 11.3 Å². The van der Waals surface area contributed by atoms with Crippen molar-refractivity contribution in [2.75, 3.05) is 0 Å². The molecule has 13 heavy (non-hydrogen) atoms. The topological polar surface area (TPSA) is 50.1 Å². The molecule has 0 aliphatic heterocycles. The summed E-state index contributed by atoms with van der Waals surface area (Å²) < 4.78 is 5.05. The number of rotatable bonds is 2. The zero-order chi connectivity index (χ0) is 9.26. The lowest BCUT2D eigenvalue weighted by Gasteiger charge is -1.96. The molecule has 1 aromatic rings. The van der Waals surface area contributed by atoms with Gasteiger partial charge in [-0.25, -0.2) is 0 Å². The van der Waals surface area contributed by atoms with Crippen molar-refractivity contribution in [3.05, 3.63) is 17.0 Å². The highest BCUT2D eigenvalue weighted by Crippen LogP contribution is 2.32. The molecular weight excluding hydrogens is 186 g/mol. The Morgan fingerprint density at radius 3 is 3.00 bits per heavy atom. The standard InChI is InChI=1S/C9H7NO2S/c10-4-6-3-8(13-5-6)12-9(11)7-1-2-7/h3,5,7H,1-2H2.